The quantitative estimate of drug-likeness (QED) is 0.0394. The Morgan fingerprint density at radius 3 is 0.920 bits per heavy atom. The summed E-state index contributed by atoms with van der Waals surface area (Å²) in [5.74, 6) is -0.970. The monoisotopic (exact) mass is 701 g/mol. The van der Waals surface area contributed by atoms with Crippen LogP contribution in [0.2, 0.25) is 0 Å². The third-order valence-corrected chi connectivity index (χ3v) is 9.99. The van der Waals surface area contributed by atoms with Crippen molar-refractivity contribution < 1.29 is 19.1 Å². The van der Waals surface area contributed by atoms with Crippen molar-refractivity contribution in [1.29, 1.82) is 0 Å². The highest BCUT2D eigenvalue weighted by Crippen LogP contribution is 2.16. The molecular formula is C44H80N2O4. The fourth-order valence-electron chi connectivity index (χ4n) is 6.61. The highest BCUT2D eigenvalue weighted by Gasteiger charge is 2.20. The van der Waals surface area contributed by atoms with Crippen LogP contribution >= 0.6 is 0 Å². The molecule has 0 N–H and O–H groups in total. The molecule has 0 aliphatic heterocycles. The van der Waals surface area contributed by atoms with Gasteiger partial charge in [-0.1, -0.05) is 193 Å². The summed E-state index contributed by atoms with van der Waals surface area (Å²) >= 11 is 0. The van der Waals surface area contributed by atoms with E-state index in [-0.39, 0.29) is 24.6 Å². The van der Waals surface area contributed by atoms with Gasteiger partial charge in [0.05, 0.1) is 11.1 Å². The summed E-state index contributed by atoms with van der Waals surface area (Å²) in [7, 11) is 3.95. The Balaban J connectivity index is 2.11. The first-order chi connectivity index (χ1) is 24.5. The number of carbonyl (C=O) groups is 2. The summed E-state index contributed by atoms with van der Waals surface area (Å²) in [5, 5.41) is 0. The fraction of sp³-hybridized carbons (Fsp3) is 0.818. The van der Waals surface area contributed by atoms with E-state index >= 15 is 0 Å². The van der Waals surface area contributed by atoms with Crippen molar-refractivity contribution in [2.45, 2.75) is 194 Å². The molecule has 0 heterocycles. The van der Waals surface area contributed by atoms with E-state index in [0.29, 0.717) is 0 Å². The van der Waals surface area contributed by atoms with Crippen LogP contribution < -0.4 is 0 Å². The van der Waals surface area contributed by atoms with Crippen molar-refractivity contribution >= 4 is 11.9 Å². The lowest BCUT2D eigenvalue weighted by molar-refractivity contribution is 0.0226. The van der Waals surface area contributed by atoms with Crippen LogP contribution in [0.3, 0.4) is 0 Å². The fourth-order valence-corrected chi connectivity index (χ4v) is 6.61. The molecule has 1 aromatic carbocycles. The molecular weight excluding hydrogens is 620 g/mol. The van der Waals surface area contributed by atoms with Gasteiger partial charge in [0.1, 0.15) is 13.5 Å². The summed E-state index contributed by atoms with van der Waals surface area (Å²) in [6.45, 7) is 6.76. The number of esters is 2. The van der Waals surface area contributed by atoms with Crippen LogP contribution in [0.4, 0.5) is 0 Å². The lowest BCUT2D eigenvalue weighted by atomic mass is 10.0. The second kappa shape index (κ2) is 34.2. The number of hydrogen-bond donors (Lipinski definition) is 0. The van der Waals surface area contributed by atoms with E-state index in [1.54, 1.807) is 24.3 Å². The van der Waals surface area contributed by atoms with Gasteiger partial charge in [0.15, 0.2) is 0 Å². The van der Waals surface area contributed by atoms with Crippen LogP contribution in [-0.2, 0) is 9.47 Å². The zero-order valence-corrected chi connectivity index (χ0v) is 33.5. The van der Waals surface area contributed by atoms with Crippen LogP contribution in [-0.4, -0.2) is 62.4 Å². The number of nitrogens with zero attached hydrogens (tertiary/aromatic N) is 2. The number of unbranched alkanes of at least 4 members (excludes halogenated alkanes) is 26. The zero-order chi connectivity index (χ0) is 36.3. The number of carbonyl (C=O) groups excluding carboxylic acids is 2. The number of ether oxygens (including phenoxy) is 2. The topological polar surface area (TPSA) is 59.1 Å². The minimum absolute atomic E-state index is 0.211. The molecule has 6 heteroatoms. The first kappa shape index (κ1) is 46.1. The maximum absolute atomic E-state index is 12.9. The maximum atomic E-state index is 12.9. The summed E-state index contributed by atoms with van der Waals surface area (Å²) < 4.78 is 11.2. The molecule has 0 aliphatic rings. The molecule has 0 spiro atoms. The van der Waals surface area contributed by atoms with Gasteiger partial charge in [0, 0.05) is 13.1 Å². The minimum Gasteiger partial charge on any atom is -0.446 e. The van der Waals surface area contributed by atoms with Gasteiger partial charge in [-0.3, -0.25) is 9.80 Å². The average Bonchev–Trinajstić information content (AvgIpc) is 3.13. The van der Waals surface area contributed by atoms with Crippen molar-refractivity contribution in [2.75, 3.05) is 40.6 Å². The summed E-state index contributed by atoms with van der Waals surface area (Å²) in [5.41, 5.74) is 0.522. The molecule has 0 aliphatic carbocycles. The van der Waals surface area contributed by atoms with Crippen molar-refractivity contribution in [1.82, 2.24) is 9.80 Å². The third-order valence-electron chi connectivity index (χ3n) is 9.99. The largest absolute Gasteiger partial charge is 0.446 e. The van der Waals surface area contributed by atoms with Crippen molar-refractivity contribution in [3.05, 3.63) is 35.4 Å². The highest BCUT2D eigenvalue weighted by molar-refractivity contribution is 6.03. The Morgan fingerprint density at radius 1 is 0.420 bits per heavy atom. The van der Waals surface area contributed by atoms with E-state index < -0.39 is 11.9 Å². The van der Waals surface area contributed by atoms with Crippen molar-refractivity contribution in [3.63, 3.8) is 0 Å². The Morgan fingerprint density at radius 2 is 0.660 bits per heavy atom. The summed E-state index contributed by atoms with van der Waals surface area (Å²) in [4.78, 5) is 29.9. The Kier molecular flexibility index (Phi) is 31.5. The Bertz CT molecular complexity index is 850. The molecule has 0 saturated carbocycles. The number of benzene rings is 1. The van der Waals surface area contributed by atoms with Gasteiger partial charge in [-0.15, -0.1) is 0 Å². The first-order valence-electron chi connectivity index (χ1n) is 21.3. The lowest BCUT2D eigenvalue weighted by Crippen LogP contribution is -2.27. The van der Waals surface area contributed by atoms with E-state index in [4.69, 9.17) is 9.47 Å². The van der Waals surface area contributed by atoms with Crippen molar-refractivity contribution in [3.8, 4) is 0 Å². The van der Waals surface area contributed by atoms with E-state index in [2.05, 4.69) is 13.8 Å². The Hall–Kier alpha value is -1.92. The van der Waals surface area contributed by atoms with Crippen LogP contribution in [0, 0.1) is 0 Å². The molecule has 1 rings (SSSR count). The number of hydrogen-bond acceptors (Lipinski definition) is 6. The standard InChI is InChI=1S/C44H80N2O4/c1-5-7-9-11-13-15-17-19-21-23-25-27-29-33-37-45(3)39-49-43(47)41-35-31-32-36-42(41)44(48)50-40-46(4)38-34-30-28-26-24-22-20-18-16-14-12-10-8-6-2/h31-32,35-36H,5-30,33-34,37-40H2,1-4H3. The molecule has 0 bridgehead atoms. The van der Waals surface area contributed by atoms with Crippen LogP contribution in [0.1, 0.15) is 214 Å². The normalized spacial score (nSPS) is 11.5. The molecule has 0 fully saturated rings. The van der Waals surface area contributed by atoms with Gasteiger partial charge >= 0.3 is 11.9 Å². The number of rotatable bonds is 36. The van der Waals surface area contributed by atoms with Crippen LogP contribution in [0.25, 0.3) is 0 Å². The van der Waals surface area contributed by atoms with Crippen LogP contribution in [0.15, 0.2) is 24.3 Å². The SMILES string of the molecule is CCCCCCCCCCCCCCCCN(C)COC(=O)c1ccccc1C(=O)OCN(C)CCCCCCCCCCCCCCCC. The third kappa shape index (κ3) is 26.8. The van der Waals surface area contributed by atoms with E-state index in [1.807, 2.05) is 23.9 Å². The molecule has 0 aromatic heterocycles. The molecule has 0 amide bonds. The molecule has 0 radical (unpaired) electrons. The predicted molar refractivity (Wildman–Crippen MR) is 213 cm³/mol. The molecule has 290 valence electrons. The second-order valence-corrected chi connectivity index (χ2v) is 15.0. The summed E-state index contributed by atoms with van der Waals surface area (Å²) in [6, 6.07) is 6.80. The Labute approximate surface area is 309 Å². The highest BCUT2D eigenvalue weighted by atomic mass is 16.6. The molecule has 0 atom stereocenters. The van der Waals surface area contributed by atoms with E-state index in [9.17, 15) is 9.59 Å². The van der Waals surface area contributed by atoms with Crippen molar-refractivity contribution in [2.24, 2.45) is 0 Å². The van der Waals surface area contributed by atoms with Crippen LogP contribution in [0.5, 0.6) is 0 Å². The predicted octanol–water partition coefficient (Wildman–Crippen LogP) is 12.7. The second-order valence-electron chi connectivity index (χ2n) is 15.0. The van der Waals surface area contributed by atoms with Gasteiger partial charge in [-0.25, -0.2) is 9.59 Å². The van der Waals surface area contributed by atoms with E-state index in [1.165, 1.54) is 167 Å². The van der Waals surface area contributed by atoms with Gasteiger partial charge in [0.2, 0.25) is 0 Å². The van der Waals surface area contributed by atoms with Gasteiger partial charge in [-0.2, -0.15) is 0 Å². The molecule has 1 aromatic rings. The van der Waals surface area contributed by atoms with Gasteiger partial charge < -0.3 is 9.47 Å². The molecule has 0 unspecified atom stereocenters. The average molecular weight is 701 g/mol. The first-order valence-corrected chi connectivity index (χ1v) is 21.3. The maximum Gasteiger partial charge on any atom is 0.340 e. The molecule has 50 heavy (non-hydrogen) atoms. The lowest BCUT2D eigenvalue weighted by Gasteiger charge is -2.18. The van der Waals surface area contributed by atoms with Gasteiger partial charge in [0.25, 0.3) is 0 Å². The minimum atomic E-state index is -0.485. The zero-order valence-electron chi connectivity index (χ0n) is 33.5. The molecule has 6 nitrogen and oxygen atoms in total. The smallest absolute Gasteiger partial charge is 0.340 e. The molecule has 0 saturated heterocycles. The van der Waals surface area contributed by atoms with E-state index in [0.717, 1.165) is 25.9 Å². The van der Waals surface area contributed by atoms with Gasteiger partial charge in [-0.05, 0) is 39.1 Å². The summed E-state index contributed by atoms with van der Waals surface area (Å²) in [6.07, 6.45) is 37.6.